The van der Waals surface area contributed by atoms with Gasteiger partial charge in [0.2, 0.25) is 5.91 Å². The molecule has 0 spiro atoms. The number of ketones is 1. The maximum Gasteiger partial charge on any atom is 0.222 e. The Morgan fingerprint density at radius 3 is 1.10 bits per heavy atom. The smallest absolute Gasteiger partial charge is 0.222 e. The molecule has 0 unspecified atom stereocenters. The van der Waals surface area contributed by atoms with Crippen LogP contribution in [-0.2, 0) is 14.3 Å². The molecule has 5 rings (SSSR count). The molecule has 12 nitrogen and oxygen atoms in total. The van der Waals surface area contributed by atoms with Crippen molar-refractivity contribution < 1.29 is 24.5 Å². The molecule has 0 radical (unpaired) electrons. The number of carbonyl (C=O) groups is 2. The summed E-state index contributed by atoms with van der Waals surface area (Å²) in [6, 6.07) is 4.38. The Bertz CT molecular complexity index is 1160. The predicted octanol–water partition coefficient (Wildman–Crippen LogP) is 11.3. The van der Waals surface area contributed by atoms with E-state index in [0.717, 1.165) is 83.2 Å². The van der Waals surface area contributed by atoms with E-state index in [9.17, 15) is 14.7 Å². The molecule has 0 aromatic heterocycles. The van der Waals surface area contributed by atoms with Gasteiger partial charge in [0.1, 0.15) is 5.60 Å². The number of piperidine rings is 2. The number of hydrogen-bond donors (Lipinski definition) is 2. The van der Waals surface area contributed by atoms with Crippen LogP contribution in [0.2, 0.25) is 0 Å². The van der Waals surface area contributed by atoms with Crippen molar-refractivity contribution in [3.05, 3.63) is 0 Å². The number of morpholine rings is 1. The van der Waals surface area contributed by atoms with Crippen LogP contribution in [0.15, 0.2) is 0 Å². The van der Waals surface area contributed by atoms with Crippen molar-refractivity contribution in [3.63, 3.8) is 0 Å². The number of hydrogen-bond acceptors (Lipinski definition) is 11. The largest absolute Gasteiger partial charge is 0.393 e. The average molecular weight is 1030 g/mol. The first-order valence-corrected chi connectivity index (χ1v) is 29.2. The van der Waals surface area contributed by atoms with Crippen molar-refractivity contribution in [2.24, 2.45) is 11.8 Å². The summed E-state index contributed by atoms with van der Waals surface area (Å²) in [7, 11) is 3.61. The summed E-state index contributed by atoms with van der Waals surface area (Å²) >= 11 is 0. The molecule has 0 saturated carbocycles. The number of nitrogens with zero attached hydrogens (tertiary/aromatic N) is 7. The summed E-state index contributed by atoms with van der Waals surface area (Å²) < 4.78 is 5.21. The number of aliphatic hydroxyl groups excluding tert-OH is 1. The second-order valence-electron chi connectivity index (χ2n) is 23.6. The molecule has 436 valence electrons. The van der Waals surface area contributed by atoms with Crippen molar-refractivity contribution in [2.45, 2.75) is 264 Å². The molecule has 12 heteroatoms. The third-order valence-electron chi connectivity index (χ3n) is 14.0. The van der Waals surface area contributed by atoms with Gasteiger partial charge < -0.3 is 44.3 Å². The molecule has 72 heavy (non-hydrogen) atoms. The lowest BCUT2D eigenvalue weighted by Crippen LogP contribution is -2.41. The molecule has 0 aliphatic carbocycles. The number of Topliss-reactive ketones (excluding diaryl/α,β-unsaturated/α-hetero) is 1. The zero-order valence-corrected chi connectivity index (χ0v) is 51.6. The second kappa shape index (κ2) is 45.9. The minimum atomic E-state index is -1.16. The van der Waals surface area contributed by atoms with Gasteiger partial charge in [-0.05, 0) is 207 Å². The van der Waals surface area contributed by atoms with E-state index in [1.54, 1.807) is 32.8 Å². The molecule has 5 fully saturated rings. The molecule has 0 aromatic carbocycles. The van der Waals surface area contributed by atoms with Crippen LogP contribution in [0, 0.1) is 11.8 Å². The van der Waals surface area contributed by atoms with Crippen LogP contribution in [0.1, 0.15) is 217 Å². The Kier molecular flexibility index (Phi) is 49.3. The highest BCUT2D eigenvalue weighted by atomic mass is 16.5. The van der Waals surface area contributed by atoms with Gasteiger partial charge in [0.05, 0.1) is 19.3 Å². The van der Waals surface area contributed by atoms with E-state index < -0.39 is 5.60 Å². The minimum absolute atomic E-state index is 0. The van der Waals surface area contributed by atoms with E-state index in [0.29, 0.717) is 30.5 Å². The Labute approximate surface area is 451 Å². The van der Waals surface area contributed by atoms with Gasteiger partial charge >= 0.3 is 0 Å². The zero-order chi connectivity index (χ0) is 55.3. The maximum atomic E-state index is 11.1. The molecular formula is C60H131N7O5. The molecule has 5 heterocycles. The fourth-order valence-corrected chi connectivity index (χ4v) is 8.59. The standard InChI is InChI=1S/C9H19NO.C8H17NO.C8H17N.C7H15NO.C7H15N.C7H17N.C7H14O2.C6H13N.CH4/c1-8(2)6-5-7-9(11)10(3)4;1-7(2)9-5-3-8(10)4-6-9;1-8(2)9-6-4-3-5-7-9;1-7(2)8-3-5-9-6-4-8;1-7(2)8-5-3-4-6-8;1-5-8(6-2)7(3)4;1-5(2)6(8)7(3,4)9;1-6(2)7-4-3-5-7;/h8H,5-7H2,1-4H3;7-8,10H,3-6H2,1-2H3;8H,3-7H2,1-2H3;7H,3-6H2,1-2H3;7H,3-6H2,1-2H3;7H,5-6H2,1-4H3;5,9H,1-4H3;6H,3-5H2,1-2H3;1H4. The Balaban J connectivity index is -0.000000367. The van der Waals surface area contributed by atoms with Gasteiger partial charge in [-0.15, -0.1) is 0 Å². The Hall–Kier alpha value is -1.22. The number of amides is 1. The number of carbonyl (C=O) groups excluding carboxylic acids is 2. The van der Waals surface area contributed by atoms with Crippen LogP contribution in [0.25, 0.3) is 0 Å². The summed E-state index contributed by atoms with van der Waals surface area (Å²) in [4.78, 5) is 38.4. The summed E-state index contributed by atoms with van der Waals surface area (Å²) in [6.45, 7) is 58.8. The summed E-state index contributed by atoms with van der Waals surface area (Å²) in [5, 5.41) is 18.3. The molecule has 0 aromatic rings. The monoisotopic (exact) mass is 1030 g/mol. The van der Waals surface area contributed by atoms with Crippen LogP contribution in [0.3, 0.4) is 0 Å². The molecule has 5 aliphatic heterocycles. The van der Waals surface area contributed by atoms with Crippen molar-refractivity contribution in [2.75, 3.05) is 106 Å². The highest BCUT2D eigenvalue weighted by Crippen LogP contribution is 2.14. The molecular weight excluding hydrogens is 899 g/mol. The molecule has 5 saturated heterocycles. The quantitative estimate of drug-likeness (QED) is 0.174. The first-order valence-electron chi connectivity index (χ1n) is 29.2. The third-order valence-corrected chi connectivity index (χ3v) is 14.0. The van der Waals surface area contributed by atoms with Gasteiger partial charge in [0, 0.05) is 88.9 Å². The number of rotatable bonds is 14. The predicted molar refractivity (Wildman–Crippen MR) is 316 cm³/mol. The lowest BCUT2D eigenvalue weighted by atomic mass is 9.95. The molecule has 0 bridgehead atoms. The highest BCUT2D eigenvalue weighted by molar-refractivity contribution is 5.87. The number of likely N-dealkylation sites (tertiary alicyclic amines) is 4. The summed E-state index contributed by atoms with van der Waals surface area (Å²) in [6.07, 6.45) is 13.3. The minimum Gasteiger partial charge on any atom is -0.393 e. The average Bonchev–Trinajstić information content (AvgIpc) is 3.84. The van der Waals surface area contributed by atoms with E-state index in [-0.39, 0.29) is 31.1 Å². The van der Waals surface area contributed by atoms with Gasteiger partial charge in [-0.25, -0.2) is 0 Å². The van der Waals surface area contributed by atoms with Crippen molar-refractivity contribution >= 4 is 11.7 Å². The molecule has 1 amide bonds. The molecule has 2 N–H and O–H groups in total. The lowest BCUT2D eigenvalue weighted by Gasteiger charge is -2.34. The topological polar surface area (TPSA) is 107 Å². The van der Waals surface area contributed by atoms with Crippen LogP contribution in [0.5, 0.6) is 0 Å². The van der Waals surface area contributed by atoms with Crippen molar-refractivity contribution in [3.8, 4) is 0 Å². The van der Waals surface area contributed by atoms with Crippen LogP contribution in [0.4, 0.5) is 0 Å². The Morgan fingerprint density at radius 2 is 0.889 bits per heavy atom. The van der Waals surface area contributed by atoms with Crippen LogP contribution >= 0.6 is 0 Å². The van der Waals surface area contributed by atoms with Gasteiger partial charge in [0.25, 0.3) is 0 Å². The summed E-state index contributed by atoms with van der Waals surface area (Å²) in [5.41, 5.74) is -1.16. The van der Waals surface area contributed by atoms with E-state index in [4.69, 9.17) is 9.84 Å². The van der Waals surface area contributed by atoms with E-state index in [2.05, 4.69) is 140 Å². The van der Waals surface area contributed by atoms with Crippen molar-refractivity contribution in [1.82, 2.24) is 34.3 Å². The molecule has 5 aliphatic rings. The normalized spacial score (nSPS) is 18.2. The fraction of sp³-hybridized carbons (Fsp3) is 0.967. The first-order chi connectivity index (χ1) is 33.0. The van der Waals surface area contributed by atoms with E-state index >= 15 is 0 Å². The van der Waals surface area contributed by atoms with Crippen molar-refractivity contribution in [1.29, 1.82) is 0 Å². The van der Waals surface area contributed by atoms with Gasteiger partial charge in [0.15, 0.2) is 5.78 Å². The second-order valence-corrected chi connectivity index (χ2v) is 23.6. The first kappa shape index (κ1) is 77.3. The maximum absolute atomic E-state index is 11.1. The lowest BCUT2D eigenvalue weighted by molar-refractivity contribution is -0.137. The van der Waals surface area contributed by atoms with E-state index in [1.807, 2.05) is 0 Å². The van der Waals surface area contributed by atoms with Gasteiger partial charge in [-0.1, -0.05) is 61.8 Å². The highest BCUT2D eigenvalue weighted by Gasteiger charge is 2.25. The third kappa shape index (κ3) is 42.9. The van der Waals surface area contributed by atoms with Gasteiger partial charge in [-0.3, -0.25) is 14.5 Å². The van der Waals surface area contributed by atoms with Gasteiger partial charge in [-0.2, -0.15) is 0 Å². The fourth-order valence-electron chi connectivity index (χ4n) is 8.59. The summed E-state index contributed by atoms with van der Waals surface area (Å²) in [5.74, 6) is 0.767. The molecule has 0 atom stereocenters. The van der Waals surface area contributed by atoms with Crippen LogP contribution in [-0.4, -0.2) is 210 Å². The Morgan fingerprint density at radius 1 is 0.556 bits per heavy atom. The zero-order valence-electron chi connectivity index (χ0n) is 51.6. The number of aliphatic hydroxyl groups is 2. The SMILES string of the molecule is C.CC(C)C(=O)C(C)(C)O.CC(C)CCCC(=O)N(C)C.CC(C)N1CCC(O)CC1.CC(C)N1CCC1.CC(C)N1CCCC1.CC(C)N1CCCCC1.CC(C)N1CCOCC1.CCN(CC)C(C)C. The van der Waals surface area contributed by atoms with E-state index in [1.165, 1.54) is 105 Å². The van der Waals surface area contributed by atoms with Crippen LogP contribution < -0.4 is 0 Å². The number of ether oxygens (including phenoxy) is 1.